The van der Waals surface area contributed by atoms with Crippen LogP contribution in [0.3, 0.4) is 0 Å². The van der Waals surface area contributed by atoms with Gasteiger partial charge in [0.2, 0.25) is 0 Å². The zero-order chi connectivity index (χ0) is 20.5. The quantitative estimate of drug-likeness (QED) is 0.475. The Morgan fingerprint density at radius 2 is 1.47 bits per heavy atom. The highest BCUT2D eigenvalue weighted by Crippen LogP contribution is 2.30. The molecule has 0 radical (unpaired) electrons. The fourth-order valence-electron chi connectivity index (χ4n) is 4.49. The van der Waals surface area contributed by atoms with Crippen LogP contribution in [0, 0.1) is 0 Å². The van der Waals surface area contributed by atoms with Crippen molar-refractivity contribution in [1.29, 1.82) is 0 Å². The number of fused-ring (bicyclic) bond motifs is 1. The van der Waals surface area contributed by atoms with E-state index in [1.54, 1.807) is 0 Å². The highest BCUT2D eigenvalue weighted by Gasteiger charge is 2.27. The Kier molecular flexibility index (Phi) is 4.83. The van der Waals surface area contributed by atoms with Gasteiger partial charge in [-0.25, -0.2) is 4.98 Å². The van der Waals surface area contributed by atoms with Gasteiger partial charge in [-0.2, -0.15) is 0 Å². The standard InChI is InChI=1S/C26H25N3O/c1-28-24-10-6-5-9-23(24)27-25(28)21-15-17-29(18-16-21)26(30)22-13-11-20(12-14-22)19-7-3-2-4-8-19/h2-14,21H,15-18H2,1H3. The van der Waals surface area contributed by atoms with Crippen molar-refractivity contribution >= 4 is 16.9 Å². The van der Waals surface area contributed by atoms with Crippen molar-refractivity contribution in [3.63, 3.8) is 0 Å². The minimum Gasteiger partial charge on any atom is -0.339 e. The normalized spacial score (nSPS) is 14.9. The molecule has 0 aliphatic carbocycles. The number of likely N-dealkylation sites (tertiary alicyclic amines) is 1. The van der Waals surface area contributed by atoms with E-state index in [0.29, 0.717) is 5.92 Å². The maximum atomic E-state index is 13.0. The molecular formula is C26H25N3O. The third-order valence-corrected chi connectivity index (χ3v) is 6.21. The van der Waals surface area contributed by atoms with Crippen LogP contribution >= 0.6 is 0 Å². The van der Waals surface area contributed by atoms with E-state index in [9.17, 15) is 4.79 Å². The number of imidazole rings is 1. The first-order chi connectivity index (χ1) is 14.7. The monoisotopic (exact) mass is 395 g/mol. The summed E-state index contributed by atoms with van der Waals surface area (Å²) in [6.45, 7) is 1.54. The van der Waals surface area contributed by atoms with Crippen LogP contribution in [-0.4, -0.2) is 33.4 Å². The average Bonchev–Trinajstić information content (AvgIpc) is 3.16. The molecule has 0 unspecified atom stereocenters. The van der Waals surface area contributed by atoms with E-state index in [4.69, 9.17) is 4.98 Å². The summed E-state index contributed by atoms with van der Waals surface area (Å²) in [4.78, 5) is 19.8. The predicted octanol–water partition coefficient (Wildman–Crippen LogP) is 5.26. The number of amides is 1. The van der Waals surface area contributed by atoms with Crippen molar-refractivity contribution < 1.29 is 4.79 Å². The first kappa shape index (κ1) is 18.6. The maximum absolute atomic E-state index is 13.0. The summed E-state index contributed by atoms with van der Waals surface area (Å²) in [6.07, 6.45) is 1.90. The molecular weight excluding hydrogens is 370 g/mol. The Balaban J connectivity index is 1.27. The van der Waals surface area contributed by atoms with Gasteiger partial charge < -0.3 is 9.47 Å². The summed E-state index contributed by atoms with van der Waals surface area (Å²) in [5, 5.41) is 0. The lowest BCUT2D eigenvalue weighted by Gasteiger charge is -2.31. The van der Waals surface area contributed by atoms with E-state index >= 15 is 0 Å². The number of carbonyl (C=O) groups excluding carboxylic acids is 1. The fraction of sp³-hybridized carbons (Fsp3) is 0.231. The van der Waals surface area contributed by atoms with E-state index in [-0.39, 0.29) is 5.91 Å². The second kappa shape index (κ2) is 7.79. The molecule has 1 fully saturated rings. The molecule has 0 bridgehead atoms. The fourth-order valence-corrected chi connectivity index (χ4v) is 4.49. The number of aromatic nitrogens is 2. The highest BCUT2D eigenvalue weighted by molar-refractivity contribution is 5.94. The molecule has 4 heteroatoms. The van der Waals surface area contributed by atoms with Crippen molar-refractivity contribution in [1.82, 2.24) is 14.5 Å². The predicted molar refractivity (Wildman–Crippen MR) is 120 cm³/mol. The summed E-state index contributed by atoms with van der Waals surface area (Å²) in [5.74, 6) is 1.65. The summed E-state index contributed by atoms with van der Waals surface area (Å²) in [5.41, 5.74) is 5.28. The highest BCUT2D eigenvalue weighted by atomic mass is 16.2. The van der Waals surface area contributed by atoms with Gasteiger partial charge in [0, 0.05) is 31.6 Å². The number of aryl methyl sites for hydroxylation is 1. The lowest BCUT2D eigenvalue weighted by atomic mass is 9.95. The van der Waals surface area contributed by atoms with Crippen molar-refractivity contribution in [3.05, 3.63) is 90.3 Å². The molecule has 30 heavy (non-hydrogen) atoms. The van der Waals surface area contributed by atoms with Gasteiger partial charge in [-0.1, -0.05) is 54.6 Å². The van der Waals surface area contributed by atoms with Gasteiger partial charge >= 0.3 is 0 Å². The number of rotatable bonds is 3. The van der Waals surface area contributed by atoms with Crippen LogP contribution < -0.4 is 0 Å². The minimum atomic E-state index is 0.123. The molecule has 5 rings (SSSR count). The third-order valence-electron chi connectivity index (χ3n) is 6.21. The number of piperidine rings is 1. The van der Waals surface area contributed by atoms with E-state index in [2.05, 4.69) is 41.9 Å². The molecule has 1 saturated heterocycles. The van der Waals surface area contributed by atoms with Crippen LogP contribution in [0.5, 0.6) is 0 Å². The average molecular weight is 396 g/mol. The van der Waals surface area contributed by atoms with Crippen LogP contribution in [0.15, 0.2) is 78.9 Å². The Morgan fingerprint density at radius 3 is 2.17 bits per heavy atom. The summed E-state index contributed by atoms with van der Waals surface area (Å²) in [6, 6.07) is 26.5. The van der Waals surface area contributed by atoms with Crippen LogP contribution in [0.1, 0.15) is 34.9 Å². The maximum Gasteiger partial charge on any atom is 0.253 e. The minimum absolute atomic E-state index is 0.123. The van der Waals surface area contributed by atoms with E-state index < -0.39 is 0 Å². The Morgan fingerprint density at radius 1 is 0.833 bits per heavy atom. The molecule has 0 atom stereocenters. The number of para-hydroxylation sites is 2. The molecule has 4 nitrogen and oxygen atoms in total. The molecule has 0 N–H and O–H groups in total. The number of benzene rings is 3. The van der Waals surface area contributed by atoms with Crippen molar-refractivity contribution in [2.75, 3.05) is 13.1 Å². The zero-order valence-corrected chi connectivity index (χ0v) is 17.2. The first-order valence-electron chi connectivity index (χ1n) is 10.6. The van der Waals surface area contributed by atoms with Gasteiger partial charge in [0.05, 0.1) is 11.0 Å². The molecule has 1 aliphatic heterocycles. The lowest BCUT2D eigenvalue weighted by Crippen LogP contribution is -2.38. The van der Waals surface area contributed by atoms with Crippen molar-refractivity contribution in [2.45, 2.75) is 18.8 Å². The van der Waals surface area contributed by atoms with E-state index in [0.717, 1.165) is 48.4 Å². The third kappa shape index (κ3) is 3.39. The number of nitrogens with zero attached hydrogens (tertiary/aromatic N) is 3. The van der Waals surface area contributed by atoms with Crippen LogP contribution in [0.4, 0.5) is 0 Å². The van der Waals surface area contributed by atoms with Gasteiger partial charge in [0.25, 0.3) is 5.91 Å². The van der Waals surface area contributed by atoms with Gasteiger partial charge in [0.15, 0.2) is 0 Å². The molecule has 3 aromatic carbocycles. The van der Waals surface area contributed by atoms with Crippen LogP contribution in [0.2, 0.25) is 0 Å². The van der Waals surface area contributed by atoms with Crippen LogP contribution in [0.25, 0.3) is 22.2 Å². The lowest BCUT2D eigenvalue weighted by molar-refractivity contribution is 0.0710. The van der Waals surface area contributed by atoms with Crippen molar-refractivity contribution in [2.24, 2.45) is 7.05 Å². The molecule has 0 spiro atoms. The van der Waals surface area contributed by atoms with E-state index in [1.165, 1.54) is 11.1 Å². The van der Waals surface area contributed by atoms with Gasteiger partial charge in [-0.05, 0) is 48.2 Å². The summed E-state index contributed by atoms with van der Waals surface area (Å²) in [7, 11) is 2.09. The number of hydrogen-bond donors (Lipinski definition) is 0. The Labute approximate surface area is 176 Å². The topological polar surface area (TPSA) is 38.1 Å². The van der Waals surface area contributed by atoms with E-state index in [1.807, 2.05) is 53.4 Å². The summed E-state index contributed by atoms with van der Waals surface area (Å²) < 4.78 is 2.21. The molecule has 2 heterocycles. The zero-order valence-electron chi connectivity index (χ0n) is 17.2. The smallest absolute Gasteiger partial charge is 0.253 e. The molecule has 150 valence electrons. The Bertz CT molecular complexity index is 1170. The molecule has 1 aromatic heterocycles. The first-order valence-corrected chi connectivity index (χ1v) is 10.6. The van der Waals surface area contributed by atoms with Gasteiger partial charge in [0.1, 0.15) is 5.82 Å². The SMILES string of the molecule is Cn1c(C2CCN(C(=O)c3ccc(-c4ccccc4)cc3)CC2)nc2ccccc21. The number of carbonyl (C=O) groups is 1. The van der Waals surface area contributed by atoms with Gasteiger partial charge in [-0.15, -0.1) is 0 Å². The summed E-state index contributed by atoms with van der Waals surface area (Å²) >= 11 is 0. The molecule has 1 amide bonds. The largest absolute Gasteiger partial charge is 0.339 e. The Hall–Kier alpha value is -3.40. The second-order valence-electron chi connectivity index (χ2n) is 8.03. The van der Waals surface area contributed by atoms with Crippen LogP contribution in [-0.2, 0) is 7.05 Å². The van der Waals surface area contributed by atoms with Gasteiger partial charge in [-0.3, -0.25) is 4.79 Å². The second-order valence-corrected chi connectivity index (χ2v) is 8.03. The molecule has 1 aliphatic rings. The number of hydrogen-bond acceptors (Lipinski definition) is 2. The molecule has 0 saturated carbocycles. The molecule has 4 aromatic rings. The van der Waals surface area contributed by atoms with Crippen molar-refractivity contribution in [3.8, 4) is 11.1 Å².